The van der Waals surface area contributed by atoms with E-state index < -0.39 is 0 Å². The van der Waals surface area contributed by atoms with E-state index in [1.807, 2.05) is 36.4 Å². The molecule has 0 aliphatic rings. The van der Waals surface area contributed by atoms with Crippen LogP contribution in [0.15, 0.2) is 36.4 Å². The van der Waals surface area contributed by atoms with E-state index in [-0.39, 0.29) is 0 Å². The summed E-state index contributed by atoms with van der Waals surface area (Å²) in [5.74, 6) is 2.09. The van der Waals surface area contributed by atoms with Gasteiger partial charge in [-0.15, -0.1) is 0 Å². The molecule has 0 spiro atoms. The van der Waals surface area contributed by atoms with E-state index in [1.165, 1.54) is 5.56 Å². The van der Waals surface area contributed by atoms with Crippen LogP contribution in [0.1, 0.15) is 18.1 Å². The summed E-state index contributed by atoms with van der Waals surface area (Å²) >= 11 is 0. The number of ether oxygens (including phenoxy) is 3. The van der Waals surface area contributed by atoms with Crippen molar-refractivity contribution in [2.45, 2.75) is 20.0 Å². The largest absolute Gasteiger partial charge is 0.493 e. The van der Waals surface area contributed by atoms with Crippen molar-refractivity contribution in [2.24, 2.45) is 0 Å². The van der Waals surface area contributed by atoms with Crippen LogP contribution in [0.5, 0.6) is 17.2 Å². The average Bonchev–Trinajstić information content (AvgIpc) is 2.53. The van der Waals surface area contributed by atoms with Crippen molar-refractivity contribution in [3.63, 3.8) is 0 Å². The number of benzene rings is 2. The fourth-order valence-corrected chi connectivity index (χ4v) is 2.08. The van der Waals surface area contributed by atoms with Gasteiger partial charge < -0.3 is 19.9 Å². The minimum atomic E-state index is 0.427. The normalized spacial score (nSPS) is 10.2. The van der Waals surface area contributed by atoms with E-state index in [0.717, 1.165) is 12.0 Å². The van der Waals surface area contributed by atoms with Gasteiger partial charge in [0.25, 0.3) is 0 Å². The topological polar surface area (TPSA) is 53.7 Å². The lowest BCUT2D eigenvalue weighted by molar-refractivity contribution is 0.305. The zero-order valence-electron chi connectivity index (χ0n) is 12.7. The van der Waals surface area contributed by atoms with E-state index in [2.05, 4.69) is 6.92 Å². The summed E-state index contributed by atoms with van der Waals surface area (Å²) in [5.41, 5.74) is 8.85. The number of methoxy groups -OCH3 is 2. The van der Waals surface area contributed by atoms with Crippen molar-refractivity contribution < 1.29 is 14.2 Å². The highest BCUT2D eigenvalue weighted by molar-refractivity contribution is 5.54. The fourth-order valence-electron chi connectivity index (χ4n) is 2.08. The number of nitrogens with two attached hydrogens (primary N) is 1. The third-order valence-corrected chi connectivity index (χ3v) is 3.32. The zero-order valence-corrected chi connectivity index (χ0v) is 12.7. The average molecular weight is 287 g/mol. The van der Waals surface area contributed by atoms with Crippen LogP contribution in [0, 0.1) is 0 Å². The quantitative estimate of drug-likeness (QED) is 0.827. The summed E-state index contributed by atoms with van der Waals surface area (Å²) in [4.78, 5) is 0. The molecule has 0 atom stereocenters. The summed E-state index contributed by atoms with van der Waals surface area (Å²) in [7, 11) is 3.23. The molecule has 0 heterocycles. The number of aryl methyl sites for hydroxylation is 1. The van der Waals surface area contributed by atoms with Gasteiger partial charge in [-0.05, 0) is 41.8 Å². The summed E-state index contributed by atoms with van der Waals surface area (Å²) in [6.45, 7) is 2.52. The van der Waals surface area contributed by atoms with Gasteiger partial charge in [-0.1, -0.05) is 19.1 Å². The molecule has 2 N–H and O–H groups in total. The van der Waals surface area contributed by atoms with Crippen molar-refractivity contribution in [3.8, 4) is 17.2 Å². The Kier molecular flexibility index (Phi) is 4.93. The molecule has 112 valence electrons. The lowest BCUT2D eigenvalue weighted by Gasteiger charge is -2.12. The Morgan fingerprint density at radius 1 is 0.857 bits per heavy atom. The van der Waals surface area contributed by atoms with Gasteiger partial charge in [0.2, 0.25) is 0 Å². The Balaban J connectivity index is 2.09. The fraction of sp³-hybridized carbons (Fsp3) is 0.294. The number of hydrogen-bond acceptors (Lipinski definition) is 4. The molecule has 0 unspecified atom stereocenters. The molecule has 0 bridgehead atoms. The van der Waals surface area contributed by atoms with Gasteiger partial charge in [0, 0.05) is 0 Å². The maximum atomic E-state index is 5.99. The molecule has 0 amide bonds. The summed E-state index contributed by atoms with van der Waals surface area (Å²) in [5, 5.41) is 0. The Morgan fingerprint density at radius 3 is 2.14 bits per heavy atom. The van der Waals surface area contributed by atoms with Gasteiger partial charge in [0.05, 0.1) is 19.9 Å². The van der Waals surface area contributed by atoms with Crippen molar-refractivity contribution >= 4 is 5.69 Å². The van der Waals surface area contributed by atoms with E-state index in [1.54, 1.807) is 14.2 Å². The lowest BCUT2D eigenvalue weighted by atomic mass is 10.1. The van der Waals surface area contributed by atoms with Gasteiger partial charge in [-0.2, -0.15) is 0 Å². The molecule has 0 fully saturated rings. The lowest BCUT2D eigenvalue weighted by Crippen LogP contribution is -2.00. The summed E-state index contributed by atoms with van der Waals surface area (Å²) in [6, 6.07) is 11.6. The SMILES string of the molecule is CCc1ccc(OCc2ccc(OC)c(OC)c2)c(N)c1. The van der Waals surface area contributed by atoms with Gasteiger partial charge in [0.15, 0.2) is 11.5 Å². The number of hydrogen-bond donors (Lipinski definition) is 1. The first kappa shape index (κ1) is 15.0. The second-order valence-electron chi connectivity index (χ2n) is 4.70. The Morgan fingerprint density at radius 2 is 1.52 bits per heavy atom. The third kappa shape index (κ3) is 3.60. The molecule has 2 aromatic carbocycles. The number of nitrogen functional groups attached to an aromatic ring is 1. The van der Waals surface area contributed by atoms with Crippen LogP contribution in [-0.2, 0) is 13.0 Å². The molecule has 0 radical (unpaired) electrons. The standard InChI is InChI=1S/C17H21NO3/c1-4-12-5-7-15(14(18)9-12)21-11-13-6-8-16(19-2)17(10-13)20-3/h5-10H,4,11,18H2,1-3H3. The second-order valence-corrected chi connectivity index (χ2v) is 4.70. The number of anilines is 1. The van der Waals surface area contributed by atoms with Crippen LogP contribution in [0.3, 0.4) is 0 Å². The molecule has 0 aliphatic carbocycles. The first-order valence-corrected chi connectivity index (χ1v) is 6.90. The van der Waals surface area contributed by atoms with Gasteiger partial charge in [0.1, 0.15) is 12.4 Å². The first-order valence-electron chi connectivity index (χ1n) is 6.90. The smallest absolute Gasteiger partial charge is 0.161 e. The zero-order chi connectivity index (χ0) is 15.2. The molecule has 0 saturated carbocycles. The molecular formula is C17H21NO3. The third-order valence-electron chi connectivity index (χ3n) is 3.32. The Labute approximate surface area is 125 Å². The van der Waals surface area contributed by atoms with Crippen molar-refractivity contribution in [1.29, 1.82) is 0 Å². The van der Waals surface area contributed by atoms with Crippen LogP contribution < -0.4 is 19.9 Å². The minimum absolute atomic E-state index is 0.427. The van der Waals surface area contributed by atoms with Crippen molar-refractivity contribution in [3.05, 3.63) is 47.5 Å². The summed E-state index contributed by atoms with van der Waals surface area (Å²) in [6.07, 6.45) is 0.958. The summed E-state index contributed by atoms with van der Waals surface area (Å²) < 4.78 is 16.3. The monoisotopic (exact) mass is 287 g/mol. The molecular weight excluding hydrogens is 266 g/mol. The van der Waals surface area contributed by atoms with Gasteiger partial charge in [-0.25, -0.2) is 0 Å². The maximum Gasteiger partial charge on any atom is 0.161 e. The van der Waals surface area contributed by atoms with Crippen molar-refractivity contribution in [1.82, 2.24) is 0 Å². The molecule has 0 aliphatic heterocycles. The molecule has 21 heavy (non-hydrogen) atoms. The molecule has 4 heteroatoms. The molecule has 2 rings (SSSR count). The van der Waals surface area contributed by atoms with E-state index >= 15 is 0 Å². The van der Waals surface area contributed by atoms with Crippen LogP contribution in [0.25, 0.3) is 0 Å². The minimum Gasteiger partial charge on any atom is -0.493 e. The van der Waals surface area contributed by atoms with Crippen LogP contribution in [0.2, 0.25) is 0 Å². The highest BCUT2D eigenvalue weighted by Gasteiger charge is 2.06. The van der Waals surface area contributed by atoms with Crippen LogP contribution in [0.4, 0.5) is 5.69 Å². The van der Waals surface area contributed by atoms with Crippen LogP contribution >= 0.6 is 0 Å². The van der Waals surface area contributed by atoms with Gasteiger partial charge >= 0.3 is 0 Å². The highest BCUT2D eigenvalue weighted by atomic mass is 16.5. The molecule has 0 saturated heterocycles. The predicted octanol–water partition coefficient (Wildman–Crippen LogP) is 3.43. The Bertz CT molecular complexity index is 611. The second kappa shape index (κ2) is 6.88. The molecule has 2 aromatic rings. The molecule has 4 nitrogen and oxygen atoms in total. The highest BCUT2D eigenvalue weighted by Crippen LogP contribution is 2.29. The first-order chi connectivity index (χ1) is 10.2. The predicted molar refractivity (Wildman–Crippen MR) is 84.1 cm³/mol. The van der Waals surface area contributed by atoms with Crippen LogP contribution in [-0.4, -0.2) is 14.2 Å². The van der Waals surface area contributed by atoms with Crippen molar-refractivity contribution in [2.75, 3.05) is 20.0 Å². The number of rotatable bonds is 6. The Hall–Kier alpha value is -2.36. The van der Waals surface area contributed by atoms with Gasteiger partial charge in [-0.3, -0.25) is 0 Å². The molecule has 0 aromatic heterocycles. The maximum absolute atomic E-state index is 5.99. The van der Waals surface area contributed by atoms with E-state index in [4.69, 9.17) is 19.9 Å². The van der Waals surface area contributed by atoms with E-state index in [0.29, 0.717) is 29.5 Å². The van der Waals surface area contributed by atoms with E-state index in [9.17, 15) is 0 Å².